The first kappa shape index (κ1) is 51.1. The maximum atomic E-state index is 13.9. The van der Waals surface area contributed by atoms with Crippen LogP contribution in [0.4, 0.5) is 11.4 Å². The summed E-state index contributed by atoms with van der Waals surface area (Å²) < 4.78 is 0. The molecule has 2 heterocycles. The monoisotopic (exact) mass is 937 g/mol. The van der Waals surface area contributed by atoms with E-state index in [9.17, 15) is 19.2 Å². The number of amides is 4. The molecular weight excluding hydrogens is 865 g/mol. The van der Waals surface area contributed by atoms with E-state index in [0.717, 1.165) is 81.6 Å². The second-order valence-corrected chi connectivity index (χ2v) is 21.4. The molecular formula is C62H72N4O4. The number of rotatable bonds is 8. The number of hydrogen-bond acceptors (Lipinski definition) is 4. The van der Waals surface area contributed by atoms with E-state index in [2.05, 4.69) is 76.4 Å². The highest BCUT2D eigenvalue weighted by Crippen LogP contribution is 2.41. The van der Waals surface area contributed by atoms with E-state index in [1.54, 1.807) is 0 Å². The van der Waals surface area contributed by atoms with Crippen molar-refractivity contribution in [3.63, 3.8) is 0 Å². The summed E-state index contributed by atoms with van der Waals surface area (Å²) in [7, 11) is 0. The van der Waals surface area contributed by atoms with Gasteiger partial charge in [0.1, 0.15) is 0 Å². The molecule has 0 aromatic heterocycles. The summed E-state index contributed by atoms with van der Waals surface area (Å²) in [5.41, 5.74) is 11.3. The molecule has 8 rings (SSSR count). The van der Waals surface area contributed by atoms with Gasteiger partial charge < -0.3 is 20.4 Å². The van der Waals surface area contributed by atoms with Crippen molar-refractivity contribution in [2.75, 3.05) is 23.7 Å². The molecule has 4 amide bonds. The highest BCUT2D eigenvalue weighted by molar-refractivity contribution is 6.00. The molecule has 2 aliphatic heterocycles. The van der Waals surface area contributed by atoms with Crippen molar-refractivity contribution in [1.82, 2.24) is 9.80 Å². The molecule has 8 nitrogen and oxygen atoms in total. The smallest absolute Gasteiger partial charge is 0.254 e. The van der Waals surface area contributed by atoms with Crippen molar-refractivity contribution >= 4 is 35.0 Å². The van der Waals surface area contributed by atoms with Gasteiger partial charge in [0.05, 0.1) is 23.9 Å². The summed E-state index contributed by atoms with van der Waals surface area (Å²) >= 11 is 0. The molecule has 364 valence electrons. The van der Waals surface area contributed by atoms with Crippen molar-refractivity contribution in [3.05, 3.63) is 201 Å². The molecule has 0 aliphatic carbocycles. The molecule has 2 fully saturated rings. The fourth-order valence-corrected chi connectivity index (χ4v) is 10.3. The number of hydrogen-bond donors (Lipinski definition) is 2. The quantitative estimate of drug-likeness (QED) is 0.159. The van der Waals surface area contributed by atoms with E-state index < -0.39 is 0 Å². The molecule has 8 heteroatoms. The summed E-state index contributed by atoms with van der Waals surface area (Å²) in [4.78, 5) is 59.0. The molecule has 70 heavy (non-hydrogen) atoms. The summed E-state index contributed by atoms with van der Waals surface area (Å²) in [5, 5.41) is 6.34. The van der Waals surface area contributed by atoms with Gasteiger partial charge in [-0.15, -0.1) is 0 Å². The number of carbonyl (C=O) groups excluding carboxylic acids is 4. The minimum atomic E-state index is -0.335. The predicted molar refractivity (Wildman–Crippen MR) is 285 cm³/mol. The van der Waals surface area contributed by atoms with Gasteiger partial charge in [0, 0.05) is 35.6 Å². The SMILES string of the molecule is Cc1cccc(C)c1C(=O)N1CCCC(C(=O)Nc2cccc(C(C)(C)C)c2)C1c1ccccc1.Cc1cccc(C)c1C(=O)N1CCCC(C(=O)Nc2cccc(C(C)(C)C)c2)C1c1ccccc1. The molecule has 2 aliphatic rings. The summed E-state index contributed by atoms with van der Waals surface area (Å²) in [6, 6.07) is 47.4. The lowest BCUT2D eigenvalue weighted by molar-refractivity contribution is -0.124. The number of benzene rings is 6. The van der Waals surface area contributed by atoms with E-state index in [1.165, 1.54) is 11.1 Å². The van der Waals surface area contributed by atoms with Gasteiger partial charge >= 0.3 is 0 Å². The lowest BCUT2D eigenvalue weighted by Gasteiger charge is -2.41. The summed E-state index contributed by atoms with van der Waals surface area (Å²) in [6.07, 6.45) is 3.06. The van der Waals surface area contributed by atoms with Crippen LogP contribution in [-0.4, -0.2) is 46.5 Å². The van der Waals surface area contributed by atoms with Crippen LogP contribution in [0.5, 0.6) is 0 Å². The van der Waals surface area contributed by atoms with Crippen molar-refractivity contribution in [2.24, 2.45) is 11.8 Å². The van der Waals surface area contributed by atoms with E-state index in [4.69, 9.17) is 0 Å². The number of nitrogens with zero attached hydrogens (tertiary/aromatic N) is 2. The Labute approximate surface area is 416 Å². The molecule has 2 saturated heterocycles. The van der Waals surface area contributed by atoms with Crippen LogP contribution in [0.3, 0.4) is 0 Å². The van der Waals surface area contributed by atoms with Crippen molar-refractivity contribution in [2.45, 2.75) is 118 Å². The van der Waals surface area contributed by atoms with Gasteiger partial charge in [0.25, 0.3) is 11.8 Å². The Balaban J connectivity index is 0.000000206. The van der Waals surface area contributed by atoms with Crippen LogP contribution in [0.15, 0.2) is 146 Å². The van der Waals surface area contributed by atoms with E-state index in [1.807, 2.05) is 159 Å². The molecule has 0 saturated carbocycles. The number of anilines is 2. The average Bonchev–Trinajstić information content (AvgIpc) is 3.33. The Hall–Kier alpha value is -6.80. The zero-order valence-corrected chi connectivity index (χ0v) is 42.9. The van der Waals surface area contributed by atoms with Crippen LogP contribution in [0, 0.1) is 39.5 Å². The number of aryl methyl sites for hydroxylation is 4. The minimum Gasteiger partial charge on any atom is -0.331 e. The largest absolute Gasteiger partial charge is 0.331 e. The van der Waals surface area contributed by atoms with Crippen LogP contribution in [-0.2, 0) is 20.4 Å². The molecule has 4 atom stereocenters. The highest BCUT2D eigenvalue weighted by Gasteiger charge is 2.42. The topological polar surface area (TPSA) is 98.8 Å². The first-order valence-electron chi connectivity index (χ1n) is 25.0. The number of likely N-dealkylation sites (tertiary alicyclic amines) is 2. The Morgan fingerprint density at radius 2 is 0.771 bits per heavy atom. The van der Waals surface area contributed by atoms with E-state index in [0.29, 0.717) is 13.1 Å². The normalized spacial score (nSPS) is 18.3. The summed E-state index contributed by atoms with van der Waals surface area (Å²) in [5.74, 6) is -0.744. The molecule has 4 unspecified atom stereocenters. The zero-order valence-electron chi connectivity index (χ0n) is 42.9. The maximum Gasteiger partial charge on any atom is 0.254 e. The van der Waals surface area contributed by atoms with Gasteiger partial charge in [0.2, 0.25) is 11.8 Å². The van der Waals surface area contributed by atoms with Crippen LogP contribution >= 0.6 is 0 Å². The first-order valence-corrected chi connectivity index (χ1v) is 25.0. The van der Waals surface area contributed by atoms with Gasteiger partial charge in [-0.1, -0.05) is 163 Å². The Kier molecular flexibility index (Phi) is 16.0. The van der Waals surface area contributed by atoms with Gasteiger partial charge in [-0.25, -0.2) is 0 Å². The van der Waals surface area contributed by atoms with Gasteiger partial charge in [-0.2, -0.15) is 0 Å². The molecule has 2 N–H and O–H groups in total. The second kappa shape index (κ2) is 21.9. The van der Waals surface area contributed by atoms with Gasteiger partial charge in [-0.05, 0) is 133 Å². The predicted octanol–water partition coefficient (Wildman–Crippen LogP) is 13.7. The molecule has 0 spiro atoms. The fourth-order valence-electron chi connectivity index (χ4n) is 10.3. The second-order valence-electron chi connectivity index (χ2n) is 21.4. The van der Waals surface area contributed by atoms with Gasteiger partial charge in [-0.3, -0.25) is 19.2 Å². The number of piperidine rings is 2. The number of carbonyl (C=O) groups is 4. The Morgan fingerprint density at radius 1 is 0.443 bits per heavy atom. The van der Waals surface area contributed by atoms with Crippen LogP contribution < -0.4 is 10.6 Å². The Morgan fingerprint density at radius 3 is 1.10 bits per heavy atom. The Bertz CT molecular complexity index is 2570. The third-order valence-electron chi connectivity index (χ3n) is 14.1. The lowest BCUT2D eigenvalue weighted by Crippen LogP contribution is -2.46. The molecule has 6 aromatic rings. The van der Waals surface area contributed by atoms with Crippen LogP contribution in [0.1, 0.15) is 145 Å². The van der Waals surface area contributed by atoms with Crippen molar-refractivity contribution < 1.29 is 19.2 Å². The van der Waals surface area contributed by atoms with Crippen molar-refractivity contribution in [3.8, 4) is 0 Å². The fraction of sp³-hybridized carbons (Fsp3) is 0.355. The van der Waals surface area contributed by atoms with Crippen LogP contribution in [0.2, 0.25) is 0 Å². The minimum absolute atomic E-state index is 0.00156. The van der Waals surface area contributed by atoms with E-state index in [-0.39, 0.29) is 58.4 Å². The van der Waals surface area contributed by atoms with Crippen LogP contribution in [0.25, 0.3) is 0 Å². The standard InChI is InChI=1S/2C31H36N2O2/c2*1-21-12-9-13-22(2)27(21)30(35)33-19-11-18-26(28(33)23-14-7-6-8-15-23)29(34)32-25-17-10-16-24(20-25)31(3,4)5/h2*6-10,12-17,20,26,28H,11,18-19H2,1-5H3,(H,32,34). The first-order chi connectivity index (χ1) is 33.3. The van der Waals surface area contributed by atoms with Gasteiger partial charge in [0.15, 0.2) is 0 Å². The highest BCUT2D eigenvalue weighted by atomic mass is 16.2. The maximum absolute atomic E-state index is 13.9. The molecule has 6 aromatic carbocycles. The molecule has 0 bridgehead atoms. The molecule has 0 radical (unpaired) electrons. The van der Waals surface area contributed by atoms with Crippen molar-refractivity contribution in [1.29, 1.82) is 0 Å². The third kappa shape index (κ3) is 11.8. The zero-order chi connectivity index (χ0) is 50.3. The number of nitrogens with one attached hydrogen (secondary N) is 2. The third-order valence-corrected chi connectivity index (χ3v) is 14.1. The average molecular weight is 937 g/mol. The van der Waals surface area contributed by atoms with E-state index >= 15 is 0 Å². The summed E-state index contributed by atoms with van der Waals surface area (Å²) in [6.45, 7) is 22.2. The lowest BCUT2D eigenvalue weighted by atomic mass is 9.83.